The lowest BCUT2D eigenvalue weighted by Crippen LogP contribution is -2.51. The molecule has 0 aromatic heterocycles. The maximum atomic E-state index is 12.0. The summed E-state index contributed by atoms with van der Waals surface area (Å²) >= 11 is 0. The number of aliphatic hydroxyl groups is 2. The van der Waals surface area contributed by atoms with Gasteiger partial charge in [-0.3, -0.25) is 0 Å². The summed E-state index contributed by atoms with van der Waals surface area (Å²) in [7, 11) is 0. The molecular formula is C21H32O6. The normalized spacial score (nSPS) is 30.8. The summed E-state index contributed by atoms with van der Waals surface area (Å²) in [4.78, 5) is 23.9. The standard InChI is InChI=1S/C21H32O6/c1-4-18(24)26-20(27-19(25)5-2)21(3,14-6-10-16(22)11-7-14)15-8-12-17(23)13-9-15/h4-5,14-17,20,22-23H,1-2,6-13H2,3H3. The molecule has 2 N–H and O–H groups in total. The van der Waals surface area contributed by atoms with Crippen LogP contribution in [0.5, 0.6) is 0 Å². The summed E-state index contributed by atoms with van der Waals surface area (Å²) in [5.74, 6) is -1.03. The van der Waals surface area contributed by atoms with E-state index in [9.17, 15) is 19.8 Å². The minimum atomic E-state index is -1.06. The van der Waals surface area contributed by atoms with Gasteiger partial charge in [-0.1, -0.05) is 20.1 Å². The van der Waals surface area contributed by atoms with Crippen LogP contribution in [0.2, 0.25) is 0 Å². The molecule has 2 saturated carbocycles. The highest BCUT2D eigenvalue weighted by Gasteiger charge is 2.52. The molecule has 0 aromatic rings. The molecule has 6 heteroatoms. The smallest absolute Gasteiger partial charge is 0.333 e. The maximum Gasteiger partial charge on any atom is 0.333 e. The van der Waals surface area contributed by atoms with Gasteiger partial charge in [0, 0.05) is 17.6 Å². The van der Waals surface area contributed by atoms with E-state index in [-0.39, 0.29) is 24.0 Å². The summed E-state index contributed by atoms with van der Waals surface area (Å²) in [5.41, 5.74) is -0.613. The molecule has 6 nitrogen and oxygen atoms in total. The Balaban J connectivity index is 2.35. The fraction of sp³-hybridized carbons (Fsp3) is 0.714. The number of carbonyl (C=O) groups excluding carboxylic acids is 2. The monoisotopic (exact) mass is 380 g/mol. The van der Waals surface area contributed by atoms with Crippen LogP contribution in [0.25, 0.3) is 0 Å². The number of ether oxygens (including phenoxy) is 2. The lowest BCUT2D eigenvalue weighted by molar-refractivity contribution is -0.229. The zero-order valence-corrected chi connectivity index (χ0v) is 16.1. The van der Waals surface area contributed by atoms with Gasteiger partial charge >= 0.3 is 11.9 Å². The Morgan fingerprint density at radius 1 is 0.852 bits per heavy atom. The summed E-state index contributed by atoms with van der Waals surface area (Å²) in [6.45, 7) is 8.89. The number of hydrogen-bond donors (Lipinski definition) is 2. The van der Waals surface area contributed by atoms with E-state index in [1.165, 1.54) is 0 Å². The van der Waals surface area contributed by atoms with Crippen molar-refractivity contribution in [2.24, 2.45) is 17.3 Å². The van der Waals surface area contributed by atoms with Crippen LogP contribution in [0.3, 0.4) is 0 Å². The summed E-state index contributed by atoms with van der Waals surface area (Å²) in [5, 5.41) is 19.8. The molecule has 2 fully saturated rings. The van der Waals surface area contributed by atoms with Crippen molar-refractivity contribution in [1.82, 2.24) is 0 Å². The van der Waals surface area contributed by atoms with Crippen molar-refractivity contribution in [3.63, 3.8) is 0 Å². The number of hydrogen-bond acceptors (Lipinski definition) is 6. The van der Waals surface area contributed by atoms with E-state index in [4.69, 9.17) is 9.47 Å². The third-order valence-corrected chi connectivity index (χ3v) is 6.44. The van der Waals surface area contributed by atoms with E-state index in [2.05, 4.69) is 13.2 Å². The molecule has 27 heavy (non-hydrogen) atoms. The molecule has 0 bridgehead atoms. The first kappa shape index (κ1) is 21.6. The predicted octanol–water partition coefficient (Wildman–Crippen LogP) is 2.88. The highest BCUT2D eigenvalue weighted by atomic mass is 16.7. The van der Waals surface area contributed by atoms with E-state index >= 15 is 0 Å². The van der Waals surface area contributed by atoms with Gasteiger partial charge in [0.25, 0.3) is 6.29 Å². The number of rotatable bonds is 7. The van der Waals surface area contributed by atoms with Crippen LogP contribution in [0.1, 0.15) is 58.3 Å². The van der Waals surface area contributed by atoms with Crippen LogP contribution in [-0.4, -0.2) is 40.6 Å². The largest absolute Gasteiger partial charge is 0.421 e. The molecule has 0 aliphatic heterocycles. The third kappa shape index (κ3) is 5.20. The number of aliphatic hydroxyl groups excluding tert-OH is 2. The molecule has 2 aliphatic rings. The Labute approximate surface area is 161 Å². The summed E-state index contributed by atoms with van der Waals surface area (Å²) in [6, 6.07) is 0. The van der Waals surface area contributed by atoms with Gasteiger partial charge in [0.2, 0.25) is 0 Å². The van der Waals surface area contributed by atoms with E-state index < -0.39 is 23.6 Å². The van der Waals surface area contributed by atoms with Gasteiger partial charge in [-0.25, -0.2) is 9.59 Å². The van der Waals surface area contributed by atoms with E-state index in [1.54, 1.807) is 0 Å². The molecule has 2 rings (SSSR count). The highest BCUT2D eigenvalue weighted by molar-refractivity contribution is 5.83. The van der Waals surface area contributed by atoms with Crippen LogP contribution in [-0.2, 0) is 19.1 Å². The van der Waals surface area contributed by atoms with Crippen molar-refractivity contribution >= 4 is 11.9 Å². The van der Waals surface area contributed by atoms with Crippen LogP contribution in [0, 0.1) is 17.3 Å². The molecular weight excluding hydrogens is 348 g/mol. The lowest BCUT2D eigenvalue weighted by atomic mass is 9.59. The van der Waals surface area contributed by atoms with Gasteiger partial charge in [-0.05, 0) is 63.2 Å². The van der Waals surface area contributed by atoms with Gasteiger partial charge in [-0.15, -0.1) is 0 Å². The van der Waals surface area contributed by atoms with E-state index in [0.717, 1.165) is 37.8 Å². The first-order valence-electron chi connectivity index (χ1n) is 9.83. The molecule has 0 spiro atoms. The second kappa shape index (κ2) is 9.51. The van der Waals surface area contributed by atoms with E-state index in [0.29, 0.717) is 25.7 Å². The Morgan fingerprint density at radius 2 is 1.19 bits per heavy atom. The minimum absolute atomic E-state index is 0.126. The maximum absolute atomic E-state index is 12.0. The first-order chi connectivity index (χ1) is 12.8. The van der Waals surface area contributed by atoms with Crippen molar-refractivity contribution in [2.75, 3.05) is 0 Å². The van der Waals surface area contributed by atoms with Gasteiger partial charge in [0.15, 0.2) is 0 Å². The van der Waals surface area contributed by atoms with Crippen molar-refractivity contribution in [2.45, 2.75) is 76.8 Å². The Hall–Kier alpha value is -1.66. The molecule has 0 heterocycles. The second-order valence-electron chi connectivity index (χ2n) is 7.99. The number of carbonyl (C=O) groups is 2. The zero-order chi connectivity index (χ0) is 20.0. The van der Waals surface area contributed by atoms with Gasteiger partial charge in [0.05, 0.1) is 12.2 Å². The Bertz CT molecular complexity index is 497. The van der Waals surface area contributed by atoms with Crippen LogP contribution >= 0.6 is 0 Å². The first-order valence-corrected chi connectivity index (χ1v) is 9.83. The zero-order valence-electron chi connectivity index (χ0n) is 16.1. The fourth-order valence-corrected chi connectivity index (χ4v) is 4.70. The van der Waals surface area contributed by atoms with Crippen molar-refractivity contribution < 1.29 is 29.3 Å². The topological polar surface area (TPSA) is 93.1 Å². The molecule has 0 radical (unpaired) electrons. The fourth-order valence-electron chi connectivity index (χ4n) is 4.70. The molecule has 0 atom stereocenters. The van der Waals surface area contributed by atoms with Gasteiger partial charge in [-0.2, -0.15) is 0 Å². The molecule has 0 unspecified atom stereocenters. The number of esters is 2. The molecule has 2 aliphatic carbocycles. The van der Waals surface area contributed by atoms with Gasteiger partial charge in [0.1, 0.15) is 0 Å². The average Bonchev–Trinajstić information content (AvgIpc) is 2.67. The van der Waals surface area contributed by atoms with Crippen LogP contribution in [0.15, 0.2) is 25.3 Å². The molecule has 0 saturated heterocycles. The third-order valence-electron chi connectivity index (χ3n) is 6.44. The van der Waals surface area contributed by atoms with Crippen molar-refractivity contribution in [1.29, 1.82) is 0 Å². The predicted molar refractivity (Wildman–Crippen MR) is 100 cm³/mol. The van der Waals surface area contributed by atoms with Gasteiger partial charge < -0.3 is 19.7 Å². The quantitative estimate of drug-likeness (QED) is 0.401. The minimum Gasteiger partial charge on any atom is -0.421 e. The molecule has 0 amide bonds. The van der Waals surface area contributed by atoms with Crippen LogP contribution < -0.4 is 0 Å². The summed E-state index contributed by atoms with van der Waals surface area (Å²) < 4.78 is 11.0. The molecule has 0 aromatic carbocycles. The van der Waals surface area contributed by atoms with Crippen molar-refractivity contribution in [3.8, 4) is 0 Å². The second-order valence-corrected chi connectivity index (χ2v) is 7.99. The Kier molecular flexibility index (Phi) is 7.62. The average molecular weight is 380 g/mol. The lowest BCUT2D eigenvalue weighted by Gasteiger charge is -2.50. The highest BCUT2D eigenvalue weighted by Crippen LogP contribution is 2.52. The Morgan fingerprint density at radius 3 is 1.48 bits per heavy atom. The SMILES string of the molecule is C=CC(=O)OC(OC(=O)C=C)C(C)(C1CCC(O)CC1)C1CCC(O)CC1. The van der Waals surface area contributed by atoms with Crippen LogP contribution in [0.4, 0.5) is 0 Å². The molecule has 152 valence electrons. The summed E-state index contributed by atoms with van der Waals surface area (Å²) in [6.07, 6.45) is 6.19. The van der Waals surface area contributed by atoms with Crippen molar-refractivity contribution in [3.05, 3.63) is 25.3 Å². The van der Waals surface area contributed by atoms with E-state index in [1.807, 2.05) is 6.92 Å².